The largest absolute Gasteiger partial charge is 4.00 e. The summed E-state index contributed by atoms with van der Waals surface area (Å²) in [5, 5.41) is 0. The summed E-state index contributed by atoms with van der Waals surface area (Å²) in [5.74, 6) is 0. The minimum Gasteiger partial charge on any atom is -2.00 e. The average molecular weight is 334 g/mol. The third-order valence-electron chi connectivity index (χ3n) is 0. The second kappa shape index (κ2) is 51.3. The molecule has 0 aliphatic carbocycles. The Labute approximate surface area is 63.4 Å². The molecular formula is O3PtZr. The van der Waals surface area contributed by atoms with Crippen molar-refractivity contribution >= 4 is 0 Å². The van der Waals surface area contributed by atoms with E-state index in [0.717, 1.165) is 0 Å². The molecule has 3 nitrogen and oxygen atoms in total. The molecule has 0 aliphatic rings. The van der Waals surface area contributed by atoms with Crippen molar-refractivity contribution in [1.82, 2.24) is 0 Å². The molecule has 0 radical (unpaired) electrons. The van der Waals surface area contributed by atoms with Crippen molar-refractivity contribution in [2.45, 2.75) is 0 Å². The van der Waals surface area contributed by atoms with Gasteiger partial charge in [0.1, 0.15) is 0 Å². The Kier molecular flexibility index (Phi) is 933. The average Bonchev–Trinajstić information content (AvgIpc) is 0. The standard InChI is InChI=1S/3O.Pt.Zr/q3*-2;+2;+4. The number of hydrogen-bond donors (Lipinski definition) is 0. The molecule has 0 fully saturated rings. The predicted octanol–water partition coefficient (Wildman–Crippen LogP) is -0.361. The summed E-state index contributed by atoms with van der Waals surface area (Å²) in [4.78, 5) is 0. The molecule has 0 atom stereocenters. The Balaban J connectivity index is 0. The Morgan fingerprint density at radius 3 is 0.600 bits per heavy atom. The van der Waals surface area contributed by atoms with Crippen LogP contribution in [-0.4, -0.2) is 0 Å². The molecular weight excluding hydrogens is 334 g/mol. The van der Waals surface area contributed by atoms with Crippen LogP contribution in [0.15, 0.2) is 0 Å². The molecule has 5 heavy (non-hydrogen) atoms. The van der Waals surface area contributed by atoms with Gasteiger partial charge in [0.25, 0.3) is 0 Å². The van der Waals surface area contributed by atoms with Crippen molar-refractivity contribution in [3.05, 3.63) is 0 Å². The summed E-state index contributed by atoms with van der Waals surface area (Å²) in [6.07, 6.45) is 0. The molecule has 5 heteroatoms. The van der Waals surface area contributed by atoms with E-state index in [4.69, 9.17) is 0 Å². The smallest absolute Gasteiger partial charge is 2.00 e. The van der Waals surface area contributed by atoms with Crippen LogP contribution in [0, 0.1) is 0 Å². The molecule has 32 valence electrons. The van der Waals surface area contributed by atoms with Crippen LogP contribution in [0.5, 0.6) is 0 Å². The third-order valence-corrected chi connectivity index (χ3v) is 0. The van der Waals surface area contributed by atoms with Crippen LogP contribution in [-0.2, 0) is 63.7 Å². The molecule has 0 aliphatic heterocycles. The molecule has 0 amide bonds. The van der Waals surface area contributed by atoms with Crippen molar-refractivity contribution in [3.8, 4) is 0 Å². The molecule has 0 aromatic carbocycles. The normalized spacial score (nSPS) is 0. The maximum absolute atomic E-state index is 0. The van der Waals surface area contributed by atoms with E-state index in [1.165, 1.54) is 0 Å². The zero-order valence-electron chi connectivity index (χ0n) is 2.04. The van der Waals surface area contributed by atoms with E-state index in [1.807, 2.05) is 0 Å². The fourth-order valence-corrected chi connectivity index (χ4v) is 0. The maximum Gasteiger partial charge on any atom is 4.00 e. The first kappa shape index (κ1) is 91.0. The van der Waals surface area contributed by atoms with Crippen molar-refractivity contribution < 1.29 is 63.7 Å². The molecule has 0 aromatic rings. The first-order chi connectivity index (χ1) is 0. The van der Waals surface area contributed by atoms with Crippen molar-refractivity contribution in [1.29, 1.82) is 0 Å². The quantitative estimate of drug-likeness (QED) is 0.579. The Morgan fingerprint density at radius 2 is 0.600 bits per heavy atom. The molecule has 0 heterocycles. The van der Waals surface area contributed by atoms with Crippen LogP contribution in [0.25, 0.3) is 0 Å². The molecule has 0 spiro atoms. The summed E-state index contributed by atoms with van der Waals surface area (Å²) >= 11 is 0. The van der Waals surface area contributed by atoms with E-state index in [2.05, 4.69) is 0 Å². The summed E-state index contributed by atoms with van der Waals surface area (Å²) in [6, 6.07) is 0. The van der Waals surface area contributed by atoms with Gasteiger partial charge in [-0.3, -0.25) is 0 Å². The predicted molar refractivity (Wildman–Crippen MR) is 2.06 cm³/mol. The fourth-order valence-electron chi connectivity index (χ4n) is 0. The molecule has 0 rings (SSSR count). The Bertz CT molecular complexity index is 6.85. The van der Waals surface area contributed by atoms with Crippen LogP contribution >= 0.6 is 0 Å². The minimum absolute atomic E-state index is 0. The summed E-state index contributed by atoms with van der Waals surface area (Å²) in [7, 11) is 0. The Morgan fingerprint density at radius 1 is 0.600 bits per heavy atom. The second-order valence-electron chi connectivity index (χ2n) is 0. The van der Waals surface area contributed by atoms with E-state index in [0.29, 0.717) is 0 Å². The SMILES string of the molecule is [O-2].[O-2].[O-2].[Pt+2].[Zr+4]. The van der Waals surface area contributed by atoms with E-state index in [-0.39, 0.29) is 63.7 Å². The van der Waals surface area contributed by atoms with Gasteiger partial charge in [-0.15, -0.1) is 0 Å². The summed E-state index contributed by atoms with van der Waals surface area (Å²) in [5.41, 5.74) is 0. The van der Waals surface area contributed by atoms with Gasteiger partial charge in [-0.1, -0.05) is 0 Å². The van der Waals surface area contributed by atoms with Gasteiger partial charge in [-0.25, -0.2) is 0 Å². The van der Waals surface area contributed by atoms with Gasteiger partial charge in [0.05, 0.1) is 0 Å². The minimum atomic E-state index is 0. The zero-order chi connectivity index (χ0) is 0. The van der Waals surface area contributed by atoms with Gasteiger partial charge in [-0.05, 0) is 0 Å². The van der Waals surface area contributed by atoms with E-state index < -0.39 is 0 Å². The van der Waals surface area contributed by atoms with Gasteiger partial charge in [0.15, 0.2) is 0 Å². The molecule has 0 unspecified atom stereocenters. The van der Waals surface area contributed by atoms with Gasteiger partial charge in [-0.2, -0.15) is 0 Å². The molecule has 0 N–H and O–H groups in total. The fraction of sp³-hybridized carbons (Fsp3) is 0. The molecule has 0 bridgehead atoms. The summed E-state index contributed by atoms with van der Waals surface area (Å²) in [6.45, 7) is 0. The van der Waals surface area contributed by atoms with Gasteiger partial charge in [0.2, 0.25) is 0 Å². The van der Waals surface area contributed by atoms with Crippen LogP contribution in [0.3, 0.4) is 0 Å². The summed E-state index contributed by atoms with van der Waals surface area (Å²) < 4.78 is 0. The molecule has 0 saturated carbocycles. The van der Waals surface area contributed by atoms with Crippen LogP contribution in [0.2, 0.25) is 0 Å². The Hall–Kier alpha value is 1.45. The number of rotatable bonds is 0. The zero-order valence-corrected chi connectivity index (χ0v) is 6.77. The van der Waals surface area contributed by atoms with E-state index in [1.54, 1.807) is 0 Å². The molecule has 0 saturated heterocycles. The van der Waals surface area contributed by atoms with Gasteiger partial charge >= 0.3 is 47.3 Å². The third kappa shape index (κ3) is 30.8. The van der Waals surface area contributed by atoms with Gasteiger partial charge in [0, 0.05) is 0 Å². The van der Waals surface area contributed by atoms with Gasteiger partial charge < -0.3 is 16.4 Å². The molecule has 0 aromatic heterocycles. The van der Waals surface area contributed by atoms with Crippen molar-refractivity contribution in [3.63, 3.8) is 0 Å². The van der Waals surface area contributed by atoms with E-state index >= 15 is 0 Å². The monoisotopic (exact) mass is 333 g/mol. The van der Waals surface area contributed by atoms with Crippen LogP contribution in [0.4, 0.5) is 0 Å². The topological polar surface area (TPSA) is 85.5 Å². The first-order valence-electron chi connectivity index (χ1n) is 0. The first-order valence-corrected chi connectivity index (χ1v) is 0. The van der Waals surface area contributed by atoms with Crippen LogP contribution in [0.1, 0.15) is 0 Å². The van der Waals surface area contributed by atoms with Crippen molar-refractivity contribution in [2.24, 2.45) is 0 Å². The van der Waals surface area contributed by atoms with Crippen molar-refractivity contribution in [2.75, 3.05) is 0 Å². The van der Waals surface area contributed by atoms with E-state index in [9.17, 15) is 0 Å². The second-order valence-corrected chi connectivity index (χ2v) is 0. The maximum atomic E-state index is 0. The number of hydrogen-bond acceptors (Lipinski definition) is 0. The van der Waals surface area contributed by atoms with Crippen LogP contribution < -0.4 is 0 Å².